The number of ether oxygens (including phenoxy) is 1. The Morgan fingerprint density at radius 1 is 1.05 bits per heavy atom. The van der Waals surface area contributed by atoms with Gasteiger partial charge in [0.25, 0.3) is 0 Å². The zero-order valence-corrected chi connectivity index (χ0v) is 11.7. The van der Waals surface area contributed by atoms with Gasteiger partial charge in [0.1, 0.15) is 12.4 Å². The third-order valence-electron chi connectivity index (χ3n) is 3.08. The molecule has 3 N–H and O–H groups in total. The Balaban J connectivity index is 1.86. The Labute approximate surface area is 124 Å². The van der Waals surface area contributed by atoms with Crippen LogP contribution < -0.4 is 10.5 Å². The standard InChI is InChI=1S/C17H19NO3/c18-15(11-17(19)20)12-21-16-8-6-14(7-9-16)10-13-4-2-1-3-5-13/h1-9,15H,10-12,18H2,(H,19,20). The van der Waals surface area contributed by atoms with E-state index in [0.717, 1.165) is 6.42 Å². The zero-order chi connectivity index (χ0) is 15.1. The molecule has 0 bridgehead atoms. The molecular weight excluding hydrogens is 266 g/mol. The molecule has 0 spiro atoms. The van der Waals surface area contributed by atoms with E-state index in [1.807, 2.05) is 42.5 Å². The van der Waals surface area contributed by atoms with Crippen molar-refractivity contribution in [3.05, 3.63) is 65.7 Å². The van der Waals surface area contributed by atoms with Crippen molar-refractivity contribution in [3.8, 4) is 5.75 Å². The average molecular weight is 285 g/mol. The lowest BCUT2D eigenvalue weighted by molar-refractivity contribution is -0.137. The summed E-state index contributed by atoms with van der Waals surface area (Å²) in [6.45, 7) is 0.199. The summed E-state index contributed by atoms with van der Waals surface area (Å²) < 4.78 is 5.49. The third kappa shape index (κ3) is 5.28. The molecule has 0 radical (unpaired) electrons. The number of aliphatic carboxylic acids is 1. The lowest BCUT2D eigenvalue weighted by Gasteiger charge is -2.11. The number of carbonyl (C=O) groups is 1. The van der Waals surface area contributed by atoms with Crippen LogP contribution in [0.1, 0.15) is 17.5 Å². The molecule has 2 rings (SSSR count). The van der Waals surface area contributed by atoms with Gasteiger partial charge >= 0.3 is 5.97 Å². The maximum absolute atomic E-state index is 10.5. The van der Waals surface area contributed by atoms with Crippen molar-refractivity contribution >= 4 is 5.97 Å². The lowest BCUT2D eigenvalue weighted by Crippen LogP contribution is -2.30. The fourth-order valence-corrected chi connectivity index (χ4v) is 2.02. The molecule has 0 amide bonds. The largest absolute Gasteiger partial charge is 0.492 e. The van der Waals surface area contributed by atoms with Crippen molar-refractivity contribution in [2.75, 3.05) is 6.61 Å². The normalized spacial score (nSPS) is 11.9. The second-order valence-electron chi connectivity index (χ2n) is 4.98. The molecule has 0 aliphatic rings. The number of hydrogen-bond acceptors (Lipinski definition) is 3. The van der Waals surface area contributed by atoms with Crippen LogP contribution in [0.3, 0.4) is 0 Å². The molecule has 1 unspecified atom stereocenters. The van der Waals surface area contributed by atoms with Crippen LogP contribution in [0, 0.1) is 0 Å². The van der Waals surface area contributed by atoms with Crippen molar-refractivity contribution in [2.24, 2.45) is 5.73 Å². The van der Waals surface area contributed by atoms with Crippen molar-refractivity contribution < 1.29 is 14.6 Å². The van der Waals surface area contributed by atoms with Crippen LogP contribution in [0.2, 0.25) is 0 Å². The van der Waals surface area contributed by atoms with Crippen LogP contribution in [0.4, 0.5) is 0 Å². The quantitative estimate of drug-likeness (QED) is 0.819. The van der Waals surface area contributed by atoms with E-state index < -0.39 is 12.0 Å². The summed E-state index contributed by atoms with van der Waals surface area (Å²) in [6, 6.07) is 17.5. The first-order valence-corrected chi connectivity index (χ1v) is 6.86. The molecule has 2 aromatic carbocycles. The van der Waals surface area contributed by atoms with Crippen LogP contribution >= 0.6 is 0 Å². The number of carboxylic acid groups (broad SMARTS) is 1. The molecule has 0 aliphatic heterocycles. The Kier molecular flexibility index (Phi) is 5.35. The lowest BCUT2D eigenvalue weighted by atomic mass is 10.1. The van der Waals surface area contributed by atoms with Crippen LogP contribution in [-0.4, -0.2) is 23.7 Å². The van der Waals surface area contributed by atoms with Gasteiger partial charge in [0, 0.05) is 6.04 Å². The first-order chi connectivity index (χ1) is 10.1. The van der Waals surface area contributed by atoms with Gasteiger partial charge in [-0.1, -0.05) is 42.5 Å². The van der Waals surface area contributed by atoms with Gasteiger partial charge in [-0.05, 0) is 29.7 Å². The number of rotatable bonds is 7. The summed E-state index contributed by atoms with van der Waals surface area (Å²) in [5.41, 5.74) is 8.11. The molecule has 21 heavy (non-hydrogen) atoms. The van der Waals surface area contributed by atoms with E-state index in [9.17, 15) is 4.79 Å². The minimum Gasteiger partial charge on any atom is -0.492 e. The topological polar surface area (TPSA) is 72.5 Å². The van der Waals surface area contributed by atoms with E-state index in [-0.39, 0.29) is 13.0 Å². The molecule has 0 saturated carbocycles. The first-order valence-electron chi connectivity index (χ1n) is 6.86. The smallest absolute Gasteiger partial charge is 0.305 e. The van der Waals surface area contributed by atoms with E-state index in [2.05, 4.69) is 12.1 Å². The molecule has 0 saturated heterocycles. The summed E-state index contributed by atoms with van der Waals surface area (Å²) >= 11 is 0. The van der Waals surface area contributed by atoms with E-state index in [1.165, 1.54) is 11.1 Å². The molecule has 1 atom stereocenters. The number of benzene rings is 2. The van der Waals surface area contributed by atoms with Gasteiger partial charge in [-0.15, -0.1) is 0 Å². The van der Waals surface area contributed by atoms with Crippen LogP contribution in [0.15, 0.2) is 54.6 Å². The number of hydrogen-bond donors (Lipinski definition) is 2. The van der Waals surface area contributed by atoms with Crippen molar-refractivity contribution in [2.45, 2.75) is 18.9 Å². The van der Waals surface area contributed by atoms with Crippen LogP contribution in [-0.2, 0) is 11.2 Å². The molecule has 4 heteroatoms. The van der Waals surface area contributed by atoms with Gasteiger partial charge in [-0.25, -0.2) is 0 Å². The first kappa shape index (κ1) is 15.1. The number of nitrogens with two attached hydrogens (primary N) is 1. The van der Waals surface area contributed by atoms with Gasteiger partial charge in [0.15, 0.2) is 0 Å². The molecule has 0 aliphatic carbocycles. The maximum atomic E-state index is 10.5. The summed E-state index contributed by atoms with van der Waals surface area (Å²) in [4.78, 5) is 10.5. The summed E-state index contributed by atoms with van der Waals surface area (Å²) in [5, 5.41) is 8.62. The van der Waals surface area contributed by atoms with E-state index in [4.69, 9.17) is 15.6 Å². The predicted octanol–water partition coefficient (Wildman–Crippen LogP) is 2.46. The van der Waals surface area contributed by atoms with Crippen molar-refractivity contribution in [1.82, 2.24) is 0 Å². The van der Waals surface area contributed by atoms with Crippen LogP contribution in [0.25, 0.3) is 0 Å². The second kappa shape index (κ2) is 7.45. The second-order valence-corrected chi connectivity index (χ2v) is 4.98. The highest BCUT2D eigenvalue weighted by atomic mass is 16.5. The Hall–Kier alpha value is -2.33. The molecule has 0 heterocycles. The van der Waals surface area contributed by atoms with Crippen LogP contribution in [0.5, 0.6) is 5.75 Å². The fraction of sp³-hybridized carbons (Fsp3) is 0.235. The molecule has 0 fully saturated rings. The molecule has 2 aromatic rings. The summed E-state index contributed by atoms with van der Waals surface area (Å²) in [5.74, 6) is -0.211. The summed E-state index contributed by atoms with van der Waals surface area (Å²) in [7, 11) is 0. The highest BCUT2D eigenvalue weighted by molar-refractivity contribution is 5.67. The van der Waals surface area contributed by atoms with Crippen molar-refractivity contribution in [1.29, 1.82) is 0 Å². The minimum atomic E-state index is -0.913. The molecular formula is C17H19NO3. The molecule has 110 valence electrons. The minimum absolute atomic E-state index is 0.0912. The number of carboxylic acids is 1. The van der Waals surface area contributed by atoms with Gasteiger partial charge in [0.05, 0.1) is 6.42 Å². The zero-order valence-electron chi connectivity index (χ0n) is 11.7. The summed E-state index contributed by atoms with van der Waals surface area (Å²) in [6.07, 6.45) is 0.783. The SMILES string of the molecule is NC(COc1ccc(Cc2ccccc2)cc1)CC(=O)O. The monoisotopic (exact) mass is 285 g/mol. The van der Waals surface area contributed by atoms with Gasteiger partial charge in [0.2, 0.25) is 0 Å². The van der Waals surface area contributed by atoms with Gasteiger partial charge < -0.3 is 15.6 Å². The highest BCUT2D eigenvalue weighted by Crippen LogP contribution is 2.15. The van der Waals surface area contributed by atoms with Gasteiger partial charge in [-0.2, -0.15) is 0 Å². The van der Waals surface area contributed by atoms with E-state index in [1.54, 1.807) is 0 Å². The molecule has 0 aromatic heterocycles. The third-order valence-corrected chi connectivity index (χ3v) is 3.08. The van der Waals surface area contributed by atoms with Crippen molar-refractivity contribution in [3.63, 3.8) is 0 Å². The average Bonchev–Trinajstić information content (AvgIpc) is 2.47. The predicted molar refractivity (Wildman–Crippen MR) is 81.4 cm³/mol. The fourth-order valence-electron chi connectivity index (χ4n) is 2.02. The van der Waals surface area contributed by atoms with E-state index in [0.29, 0.717) is 5.75 Å². The maximum Gasteiger partial charge on any atom is 0.305 e. The Morgan fingerprint density at radius 3 is 2.29 bits per heavy atom. The highest BCUT2D eigenvalue weighted by Gasteiger charge is 2.08. The Morgan fingerprint density at radius 2 is 1.67 bits per heavy atom. The molecule has 4 nitrogen and oxygen atoms in total. The van der Waals surface area contributed by atoms with E-state index >= 15 is 0 Å². The van der Waals surface area contributed by atoms with Gasteiger partial charge in [-0.3, -0.25) is 4.79 Å². The Bertz CT molecular complexity index is 566.